The van der Waals surface area contributed by atoms with Crippen LogP contribution in [0.4, 0.5) is 5.69 Å². The van der Waals surface area contributed by atoms with Gasteiger partial charge in [0.2, 0.25) is 12.1 Å². The summed E-state index contributed by atoms with van der Waals surface area (Å²) in [5.41, 5.74) is 1.05. The van der Waals surface area contributed by atoms with E-state index in [4.69, 9.17) is 14.2 Å². The standard InChI is InChI=1S/C19H17NO6/c1-11(21)20-15-9-5-4-7-13(15)19(23)26-18(20)14-8-6-10-16(24-3)17(14)25-12(2)22/h4-10,18H,1-3H3/t18-/m1/s1. The predicted molar refractivity (Wildman–Crippen MR) is 92.1 cm³/mol. The van der Waals surface area contributed by atoms with Crippen LogP contribution in [0.25, 0.3) is 0 Å². The zero-order valence-electron chi connectivity index (χ0n) is 14.5. The lowest BCUT2D eigenvalue weighted by Crippen LogP contribution is -2.40. The summed E-state index contributed by atoms with van der Waals surface area (Å²) < 4.78 is 16.0. The SMILES string of the molecule is COc1cccc([C@H]2OC(=O)c3ccccc3N2C(C)=O)c1OC(C)=O. The molecule has 0 aliphatic carbocycles. The fraction of sp³-hybridized carbons (Fsp3) is 0.211. The fourth-order valence-electron chi connectivity index (χ4n) is 2.88. The molecule has 2 aromatic rings. The van der Waals surface area contributed by atoms with Gasteiger partial charge in [-0.25, -0.2) is 4.79 Å². The average Bonchev–Trinajstić information content (AvgIpc) is 2.61. The van der Waals surface area contributed by atoms with E-state index >= 15 is 0 Å². The zero-order valence-corrected chi connectivity index (χ0v) is 14.5. The van der Waals surface area contributed by atoms with Gasteiger partial charge in [0.25, 0.3) is 0 Å². The molecule has 1 aliphatic heterocycles. The van der Waals surface area contributed by atoms with E-state index in [0.717, 1.165) is 0 Å². The van der Waals surface area contributed by atoms with Gasteiger partial charge in [-0.3, -0.25) is 14.5 Å². The van der Waals surface area contributed by atoms with Gasteiger partial charge in [0.1, 0.15) is 0 Å². The Morgan fingerprint density at radius 1 is 1.08 bits per heavy atom. The van der Waals surface area contributed by atoms with Crippen molar-refractivity contribution >= 4 is 23.5 Å². The molecule has 0 bridgehead atoms. The van der Waals surface area contributed by atoms with Gasteiger partial charge in [-0.05, 0) is 24.3 Å². The van der Waals surface area contributed by atoms with Crippen molar-refractivity contribution in [3.05, 3.63) is 53.6 Å². The number of anilines is 1. The molecule has 7 nitrogen and oxygen atoms in total. The summed E-state index contributed by atoms with van der Waals surface area (Å²) in [6.07, 6.45) is -1.08. The normalized spacial score (nSPS) is 15.7. The molecule has 0 radical (unpaired) electrons. The average molecular weight is 355 g/mol. The van der Waals surface area contributed by atoms with Gasteiger partial charge in [0.15, 0.2) is 11.5 Å². The van der Waals surface area contributed by atoms with Crippen molar-refractivity contribution in [2.75, 3.05) is 12.0 Å². The lowest BCUT2D eigenvalue weighted by atomic mass is 10.1. The second-order valence-electron chi connectivity index (χ2n) is 5.64. The topological polar surface area (TPSA) is 82.1 Å². The number of hydrogen-bond donors (Lipinski definition) is 0. The van der Waals surface area contributed by atoms with Crippen LogP contribution in [0.1, 0.15) is 36.0 Å². The number of para-hydroxylation sites is 2. The number of amides is 1. The molecule has 0 fully saturated rings. The minimum atomic E-state index is -1.08. The molecule has 0 saturated heterocycles. The first kappa shape index (κ1) is 17.5. The molecular formula is C19H17NO6. The Balaban J connectivity index is 2.19. The predicted octanol–water partition coefficient (Wildman–Crippen LogP) is 2.84. The largest absolute Gasteiger partial charge is 0.493 e. The van der Waals surface area contributed by atoms with Crippen molar-refractivity contribution in [2.24, 2.45) is 0 Å². The summed E-state index contributed by atoms with van der Waals surface area (Å²) in [5.74, 6) is -1.07. The summed E-state index contributed by atoms with van der Waals surface area (Å²) in [6.45, 7) is 2.62. The Morgan fingerprint density at radius 3 is 2.46 bits per heavy atom. The maximum absolute atomic E-state index is 12.4. The monoisotopic (exact) mass is 355 g/mol. The molecule has 0 spiro atoms. The van der Waals surface area contributed by atoms with Crippen LogP contribution in [0.5, 0.6) is 11.5 Å². The van der Waals surface area contributed by atoms with E-state index in [1.165, 1.54) is 25.9 Å². The smallest absolute Gasteiger partial charge is 0.342 e. The maximum atomic E-state index is 12.4. The van der Waals surface area contributed by atoms with Crippen LogP contribution in [0, 0.1) is 0 Å². The Labute approximate surface area is 150 Å². The minimum Gasteiger partial charge on any atom is -0.493 e. The van der Waals surface area contributed by atoms with Crippen LogP contribution >= 0.6 is 0 Å². The van der Waals surface area contributed by atoms with Crippen LogP contribution in [-0.4, -0.2) is 25.0 Å². The first-order valence-corrected chi connectivity index (χ1v) is 7.89. The van der Waals surface area contributed by atoms with E-state index in [-0.39, 0.29) is 23.0 Å². The van der Waals surface area contributed by atoms with Crippen molar-refractivity contribution in [1.82, 2.24) is 0 Å². The van der Waals surface area contributed by atoms with Crippen molar-refractivity contribution in [1.29, 1.82) is 0 Å². The molecule has 3 rings (SSSR count). The minimum absolute atomic E-state index is 0.103. The van der Waals surface area contributed by atoms with Crippen molar-refractivity contribution in [2.45, 2.75) is 20.1 Å². The molecule has 7 heteroatoms. The molecule has 0 aromatic heterocycles. The zero-order chi connectivity index (χ0) is 18.8. The van der Waals surface area contributed by atoms with Gasteiger partial charge >= 0.3 is 11.9 Å². The number of benzene rings is 2. The molecule has 1 atom stereocenters. The van der Waals surface area contributed by atoms with E-state index in [1.54, 1.807) is 42.5 Å². The molecule has 1 aliphatic rings. The molecule has 134 valence electrons. The lowest BCUT2D eigenvalue weighted by Gasteiger charge is -2.36. The number of carbonyl (C=O) groups is 3. The number of hydrogen-bond acceptors (Lipinski definition) is 6. The number of fused-ring (bicyclic) bond motifs is 1. The van der Waals surface area contributed by atoms with Crippen LogP contribution < -0.4 is 14.4 Å². The number of rotatable bonds is 3. The molecule has 1 heterocycles. The van der Waals surface area contributed by atoms with E-state index in [9.17, 15) is 14.4 Å². The highest BCUT2D eigenvalue weighted by Gasteiger charge is 2.38. The van der Waals surface area contributed by atoms with E-state index < -0.39 is 18.2 Å². The molecule has 2 aromatic carbocycles. The number of nitrogens with zero attached hydrogens (tertiary/aromatic N) is 1. The van der Waals surface area contributed by atoms with Gasteiger partial charge in [0.05, 0.1) is 23.9 Å². The third-order valence-electron chi connectivity index (χ3n) is 3.92. The fourth-order valence-corrected chi connectivity index (χ4v) is 2.88. The van der Waals surface area contributed by atoms with Crippen molar-refractivity contribution < 1.29 is 28.6 Å². The van der Waals surface area contributed by atoms with Crippen LogP contribution in [0.15, 0.2) is 42.5 Å². The van der Waals surface area contributed by atoms with Crippen molar-refractivity contribution in [3.63, 3.8) is 0 Å². The summed E-state index contributed by atoms with van der Waals surface area (Å²) in [6, 6.07) is 11.5. The highest BCUT2D eigenvalue weighted by Crippen LogP contribution is 2.43. The quantitative estimate of drug-likeness (QED) is 0.622. The van der Waals surface area contributed by atoms with Gasteiger partial charge in [0, 0.05) is 13.8 Å². The number of ether oxygens (including phenoxy) is 3. The first-order valence-electron chi connectivity index (χ1n) is 7.89. The van der Waals surface area contributed by atoms with Crippen LogP contribution in [0.2, 0.25) is 0 Å². The van der Waals surface area contributed by atoms with E-state index in [0.29, 0.717) is 11.3 Å². The second-order valence-corrected chi connectivity index (χ2v) is 5.64. The molecule has 26 heavy (non-hydrogen) atoms. The van der Waals surface area contributed by atoms with E-state index in [2.05, 4.69) is 0 Å². The Kier molecular flexibility index (Phi) is 4.62. The lowest BCUT2D eigenvalue weighted by molar-refractivity contribution is -0.132. The van der Waals surface area contributed by atoms with E-state index in [1.807, 2.05) is 0 Å². The van der Waals surface area contributed by atoms with Crippen LogP contribution in [-0.2, 0) is 14.3 Å². The van der Waals surface area contributed by atoms with Gasteiger partial charge in [-0.15, -0.1) is 0 Å². The third-order valence-corrected chi connectivity index (χ3v) is 3.92. The first-order chi connectivity index (χ1) is 12.4. The van der Waals surface area contributed by atoms with Gasteiger partial charge in [-0.2, -0.15) is 0 Å². The Morgan fingerprint density at radius 2 is 1.81 bits per heavy atom. The molecular weight excluding hydrogens is 338 g/mol. The Hall–Kier alpha value is -3.35. The number of esters is 2. The number of carbonyl (C=O) groups excluding carboxylic acids is 3. The molecule has 0 N–H and O–H groups in total. The molecule has 0 unspecified atom stereocenters. The summed E-state index contributed by atoms with van der Waals surface area (Å²) >= 11 is 0. The van der Waals surface area contributed by atoms with Gasteiger partial charge < -0.3 is 14.2 Å². The van der Waals surface area contributed by atoms with Gasteiger partial charge in [-0.1, -0.05) is 18.2 Å². The highest BCUT2D eigenvalue weighted by atomic mass is 16.6. The maximum Gasteiger partial charge on any atom is 0.342 e. The summed E-state index contributed by atoms with van der Waals surface area (Å²) in [5, 5.41) is 0. The second kappa shape index (κ2) is 6.87. The van der Waals surface area contributed by atoms with Crippen molar-refractivity contribution in [3.8, 4) is 11.5 Å². The molecule has 0 saturated carbocycles. The summed E-state index contributed by atoms with van der Waals surface area (Å²) in [7, 11) is 1.43. The highest BCUT2D eigenvalue weighted by molar-refractivity contribution is 6.04. The third kappa shape index (κ3) is 2.99. The number of methoxy groups -OCH3 is 1. The van der Waals surface area contributed by atoms with Crippen LogP contribution in [0.3, 0.4) is 0 Å². The number of cyclic esters (lactones) is 1. The summed E-state index contributed by atoms with van der Waals surface area (Å²) in [4.78, 5) is 37.6. The molecule has 1 amide bonds. The Bertz CT molecular complexity index is 891.